The van der Waals surface area contributed by atoms with E-state index < -0.39 is 50.6 Å². The van der Waals surface area contributed by atoms with E-state index in [1.54, 1.807) is 12.2 Å². The summed E-state index contributed by atoms with van der Waals surface area (Å²) in [6.07, 6.45) is 24.0. The van der Waals surface area contributed by atoms with Crippen LogP contribution in [0.2, 0.25) is 0 Å². The molecule has 0 aliphatic heterocycles. The summed E-state index contributed by atoms with van der Waals surface area (Å²) in [5, 5.41) is 20.7. The van der Waals surface area contributed by atoms with Gasteiger partial charge in [0.25, 0.3) is 0 Å². The number of furan rings is 1. The quantitative estimate of drug-likeness (QED) is 0.0215. The van der Waals surface area contributed by atoms with Gasteiger partial charge >= 0.3 is 19.8 Å². The summed E-state index contributed by atoms with van der Waals surface area (Å²) < 4.78 is 39.0. The van der Waals surface area contributed by atoms with Crippen LogP contribution in [-0.2, 0) is 50.3 Å². The minimum atomic E-state index is -4.47. The number of allylic oxidation sites excluding steroid dienone is 3. The van der Waals surface area contributed by atoms with Crippen LogP contribution in [0.25, 0.3) is 0 Å². The number of aliphatic hydroxyl groups excluding tert-OH is 2. The molecule has 14 heteroatoms. The molecule has 2 rings (SSSR count). The Morgan fingerprint density at radius 1 is 0.836 bits per heavy atom. The van der Waals surface area contributed by atoms with Crippen molar-refractivity contribution >= 4 is 25.5 Å². The molecule has 1 aromatic heterocycles. The molecule has 1 aliphatic carbocycles. The van der Waals surface area contributed by atoms with Crippen molar-refractivity contribution in [2.75, 3.05) is 26.4 Å². The van der Waals surface area contributed by atoms with Gasteiger partial charge in [0.05, 0.1) is 25.4 Å². The zero-order valence-corrected chi connectivity index (χ0v) is 38.7. The van der Waals surface area contributed by atoms with Crippen molar-refractivity contribution in [3.63, 3.8) is 0 Å². The molecule has 1 aliphatic rings. The Morgan fingerprint density at radius 3 is 2.10 bits per heavy atom. The molecule has 0 bridgehead atoms. The number of aryl methyl sites for hydroxylation is 2. The van der Waals surface area contributed by atoms with Gasteiger partial charge in [-0.25, -0.2) is 4.57 Å². The minimum absolute atomic E-state index is 0.00467. The molecule has 1 unspecified atom stereocenters. The fourth-order valence-electron chi connectivity index (χ4n) is 7.56. The summed E-state index contributed by atoms with van der Waals surface area (Å²) in [6.45, 7) is 7.60. The van der Waals surface area contributed by atoms with E-state index in [9.17, 15) is 34.1 Å². The van der Waals surface area contributed by atoms with E-state index in [0.717, 1.165) is 82.1 Å². The van der Waals surface area contributed by atoms with E-state index in [4.69, 9.17) is 28.7 Å². The van der Waals surface area contributed by atoms with Gasteiger partial charge in [0.2, 0.25) is 0 Å². The highest BCUT2D eigenvalue weighted by Gasteiger charge is 2.39. The van der Waals surface area contributed by atoms with Crippen molar-refractivity contribution in [1.29, 1.82) is 0 Å². The molecule has 1 heterocycles. The van der Waals surface area contributed by atoms with Crippen molar-refractivity contribution in [2.24, 2.45) is 17.6 Å². The number of phosphoric ester groups is 1. The van der Waals surface area contributed by atoms with Gasteiger partial charge in [0.15, 0.2) is 6.10 Å². The Balaban J connectivity index is 1.69. The molecule has 61 heavy (non-hydrogen) atoms. The predicted octanol–water partition coefficient (Wildman–Crippen LogP) is 9.41. The number of ether oxygens (including phenoxy) is 2. The van der Waals surface area contributed by atoms with Crippen molar-refractivity contribution in [2.45, 2.75) is 194 Å². The Kier molecular flexibility index (Phi) is 28.7. The number of ketones is 1. The van der Waals surface area contributed by atoms with Gasteiger partial charge in [-0.1, -0.05) is 109 Å². The maximum absolute atomic E-state index is 12.7. The zero-order valence-electron chi connectivity index (χ0n) is 37.8. The normalized spacial score (nSPS) is 18.9. The summed E-state index contributed by atoms with van der Waals surface area (Å²) in [7, 11) is -4.47. The smallest absolute Gasteiger partial charge is 0.466 e. The van der Waals surface area contributed by atoms with Gasteiger partial charge in [0.1, 0.15) is 23.9 Å². The molecule has 0 saturated heterocycles. The second kappa shape index (κ2) is 32.1. The SMILES string of the molecule is CCCCCc1oc(CCCCCCCCCCC(=O)OC[C@H](COP(=O)(O)OCCN)OC(=O)CCC/C=C\C[C@H]2[C@@H](O)CC(=O)[C@@H]2/C=C/[C@@H](O)CCCCC)c(C)c1C. The van der Waals surface area contributed by atoms with Gasteiger partial charge in [-0.15, -0.1) is 0 Å². The van der Waals surface area contributed by atoms with E-state index in [-0.39, 0.29) is 50.7 Å². The molecular weight excluding hydrogens is 801 g/mol. The Morgan fingerprint density at radius 2 is 1.44 bits per heavy atom. The van der Waals surface area contributed by atoms with Crippen LogP contribution < -0.4 is 5.73 Å². The molecule has 0 amide bonds. The highest BCUT2D eigenvalue weighted by atomic mass is 31.2. The van der Waals surface area contributed by atoms with Crippen molar-refractivity contribution in [3.05, 3.63) is 47.0 Å². The van der Waals surface area contributed by atoms with Crippen LogP contribution in [0.3, 0.4) is 0 Å². The summed E-state index contributed by atoms with van der Waals surface area (Å²) in [5.41, 5.74) is 7.98. The lowest BCUT2D eigenvalue weighted by Gasteiger charge is -2.19. The third-order valence-electron chi connectivity index (χ3n) is 11.4. The van der Waals surface area contributed by atoms with Gasteiger partial charge in [-0.2, -0.15) is 0 Å². The predicted molar refractivity (Wildman–Crippen MR) is 238 cm³/mol. The first-order valence-corrected chi connectivity index (χ1v) is 24.8. The molecule has 1 saturated carbocycles. The number of hydrogen-bond donors (Lipinski definition) is 4. The molecule has 6 atom stereocenters. The molecule has 0 aromatic carbocycles. The van der Waals surface area contributed by atoms with Crippen molar-refractivity contribution in [3.8, 4) is 0 Å². The van der Waals surface area contributed by atoms with Gasteiger partial charge in [-0.3, -0.25) is 23.4 Å². The number of esters is 2. The molecule has 1 fully saturated rings. The first-order valence-electron chi connectivity index (χ1n) is 23.3. The average molecular weight is 882 g/mol. The standard InChI is InChI=1S/C47H80NO12P/c1-5-7-17-23-38(49)29-30-41-40(42(50)33-43(41)51)24-19-15-16-22-28-47(53)59-39(35-58-61(54,55)57-32-31-48)34-56-46(52)27-21-14-12-10-9-11-13-20-26-45-37(4)36(3)44(60-45)25-18-8-6-2/h15,19,29-30,38-42,49-50H,5-14,16-18,20-28,31-35,48H2,1-4H3,(H,54,55)/b19-15-,30-29+/t38-,39+,40+,41+,42-/m0/s1. The number of rotatable bonds is 36. The molecule has 5 N–H and O–H groups in total. The molecule has 350 valence electrons. The summed E-state index contributed by atoms with van der Waals surface area (Å²) >= 11 is 0. The number of unbranched alkanes of at least 4 members (excludes halogenated alkanes) is 12. The van der Waals surface area contributed by atoms with Crippen LogP contribution in [0, 0.1) is 25.7 Å². The third-order valence-corrected chi connectivity index (χ3v) is 12.4. The second-order valence-corrected chi connectivity index (χ2v) is 18.1. The van der Waals surface area contributed by atoms with E-state index in [0.29, 0.717) is 32.1 Å². The molecule has 13 nitrogen and oxygen atoms in total. The van der Waals surface area contributed by atoms with E-state index >= 15 is 0 Å². The summed E-state index contributed by atoms with van der Waals surface area (Å²) in [5.74, 6) is 0.483. The number of Topliss-reactive ketones (excluding diaryl/α,β-unsaturated/α-hetero) is 1. The highest BCUT2D eigenvalue weighted by Crippen LogP contribution is 2.43. The lowest BCUT2D eigenvalue weighted by atomic mass is 9.90. The molecular formula is C47H80NO12P. The zero-order chi connectivity index (χ0) is 44.9. The molecule has 0 spiro atoms. The third kappa shape index (κ3) is 23.6. The Bertz CT molecular complexity index is 1490. The second-order valence-electron chi connectivity index (χ2n) is 16.6. The maximum Gasteiger partial charge on any atom is 0.472 e. The van der Waals surface area contributed by atoms with Crippen LogP contribution >= 0.6 is 7.82 Å². The van der Waals surface area contributed by atoms with Crippen LogP contribution in [0.15, 0.2) is 28.7 Å². The fourth-order valence-corrected chi connectivity index (χ4v) is 8.32. The van der Waals surface area contributed by atoms with Gasteiger partial charge < -0.3 is 34.7 Å². The van der Waals surface area contributed by atoms with Gasteiger partial charge in [-0.05, 0) is 69.9 Å². The monoisotopic (exact) mass is 882 g/mol. The van der Waals surface area contributed by atoms with E-state index in [1.165, 1.54) is 36.8 Å². The first-order chi connectivity index (χ1) is 29.3. The topological polar surface area (TPSA) is 205 Å². The number of phosphoric acid groups is 1. The largest absolute Gasteiger partial charge is 0.472 e. The number of carbonyl (C=O) groups excluding carboxylic acids is 3. The number of nitrogens with two attached hydrogens (primary N) is 1. The minimum Gasteiger partial charge on any atom is -0.466 e. The highest BCUT2D eigenvalue weighted by molar-refractivity contribution is 7.47. The fraction of sp³-hybridized carbons (Fsp3) is 0.766. The molecule has 0 radical (unpaired) electrons. The number of aliphatic hydroxyl groups is 2. The summed E-state index contributed by atoms with van der Waals surface area (Å²) in [6, 6.07) is 0. The lowest BCUT2D eigenvalue weighted by Crippen LogP contribution is -2.29. The summed E-state index contributed by atoms with van der Waals surface area (Å²) in [4.78, 5) is 47.7. The van der Waals surface area contributed by atoms with Crippen molar-refractivity contribution < 1.29 is 57.0 Å². The van der Waals surface area contributed by atoms with Crippen LogP contribution in [0.5, 0.6) is 0 Å². The average Bonchev–Trinajstić information content (AvgIpc) is 3.66. The maximum atomic E-state index is 12.7. The van der Waals surface area contributed by atoms with Crippen molar-refractivity contribution in [1.82, 2.24) is 0 Å². The van der Waals surface area contributed by atoms with Crippen LogP contribution in [0.1, 0.15) is 171 Å². The Labute approximate surface area is 366 Å². The van der Waals surface area contributed by atoms with Crippen LogP contribution in [-0.4, -0.2) is 77.5 Å². The number of hydrogen-bond acceptors (Lipinski definition) is 12. The van der Waals surface area contributed by atoms with E-state index in [1.807, 2.05) is 12.2 Å². The lowest BCUT2D eigenvalue weighted by molar-refractivity contribution is -0.161. The first kappa shape index (κ1) is 54.5. The van der Waals surface area contributed by atoms with E-state index in [2.05, 4.69) is 27.7 Å². The van der Waals surface area contributed by atoms with Gasteiger partial charge in [0, 0.05) is 50.5 Å². The molecule has 1 aromatic rings. The number of carbonyl (C=O) groups is 3. The van der Waals surface area contributed by atoms with Crippen LogP contribution in [0.4, 0.5) is 0 Å². The Hall–Kier alpha value is -2.64.